The van der Waals surface area contributed by atoms with E-state index in [0.29, 0.717) is 19.2 Å². The molecule has 0 saturated heterocycles. The Morgan fingerprint density at radius 3 is 2.50 bits per heavy atom. The molecule has 0 saturated carbocycles. The first-order valence-electron chi connectivity index (χ1n) is 6.46. The lowest BCUT2D eigenvalue weighted by atomic mass is 10.3. The van der Waals surface area contributed by atoms with Crippen LogP contribution in [0.25, 0.3) is 10.2 Å². The third-order valence-corrected chi connectivity index (χ3v) is 3.77. The summed E-state index contributed by atoms with van der Waals surface area (Å²) < 4.78 is 10.4. The van der Waals surface area contributed by atoms with Gasteiger partial charge in [0.2, 0.25) is 5.95 Å². The van der Waals surface area contributed by atoms with E-state index in [-0.39, 0.29) is 0 Å². The first kappa shape index (κ1) is 15.0. The Morgan fingerprint density at radius 2 is 1.90 bits per heavy atom. The van der Waals surface area contributed by atoms with E-state index in [2.05, 4.69) is 26.3 Å². The van der Waals surface area contributed by atoms with Crippen LogP contribution in [0.4, 0.5) is 11.8 Å². The lowest BCUT2D eigenvalue weighted by Gasteiger charge is -2.24. The number of methoxy groups -OCH3 is 2. The molecule has 0 bridgehead atoms. The van der Waals surface area contributed by atoms with E-state index >= 15 is 0 Å². The maximum atomic E-state index is 5.18. The Balaban J connectivity index is 2.36. The van der Waals surface area contributed by atoms with Gasteiger partial charge in [0.1, 0.15) is 10.6 Å². The highest BCUT2D eigenvalue weighted by atomic mass is 32.1. The van der Waals surface area contributed by atoms with Gasteiger partial charge in [0.15, 0.2) is 0 Å². The molecular formula is C13H20N4O2S. The van der Waals surface area contributed by atoms with Gasteiger partial charge in [0.25, 0.3) is 0 Å². The van der Waals surface area contributed by atoms with E-state index in [0.717, 1.165) is 29.1 Å². The molecule has 0 fully saturated rings. The molecule has 2 aromatic rings. The minimum atomic E-state index is 0.634. The fourth-order valence-corrected chi connectivity index (χ4v) is 2.68. The molecule has 110 valence electrons. The highest BCUT2D eigenvalue weighted by Gasteiger charge is 2.15. The predicted octanol–water partition coefficient (Wildman–Crippen LogP) is 1.83. The molecule has 6 nitrogen and oxygen atoms in total. The maximum Gasteiger partial charge on any atom is 0.225 e. The third kappa shape index (κ3) is 3.36. The van der Waals surface area contributed by atoms with Gasteiger partial charge in [-0.25, -0.2) is 4.98 Å². The van der Waals surface area contributed by atoms with Gasteiger partial charge in [0.05, 0.1) is 18.6 Å². The van der Waals surface area contributed by atoms with E-state index < -0.39 is 0 Å². The van der Waals surface area contributed by atoms with Crippen molar-refractivity contribution in [3.8, 4) is 0 Å². The van der Waals surface area contributed by atoms with Crippen molar-refractivity contribution in [1.82, 2.24) is 9.97 Å². The average Bonchev–Trinajstić information content (AvgIpc) is 2.95. The lowest BCUT2D eigenvalue weighted by molar-refractivity contribution is 0.190. The Hall–Kier alpha value is -1.44. The monoisotopic (exact) mass is 296 g/mol. The summed E-state index contributed by atoms with van der Waals surface area (Å²) in [5.41, 5.74) is 0. The van der Waals surface area contributed by atoms with Gasteiger partial charge >= 0.3 is 0 Å². The fraction of sp³-hybridized carbons (Fsp3) is 0.538. The zero-order valence-corrected chi connectivity index (χ0v) is 12.9. The summed E-state index contributed by atoms with van der Waals surface area (Å²) >= 11 is 1.62. The van der Waals surface area contributed by atoms with Crippen molar-refractivity contribution in [3.63, 3.8) is 0 Å². The average molecular weight is 296 g/mol. The lowest BCUT2D eigenvalue weighted by Crippen LogP contribution is -2.31. The summed E-state index contributed by atoms with van der Waals surface area (Å²) in [6, 6.07) is 2.06. The molecule has 7 heteroatoms. The summed E-state index contributed by atoms with van der Waals surface area (Å²) in [4.78, 5) is 12.2. The summed E-state index contributed by atoms with van der Waals surface area (Å²) in [5.74, 6) is 1.56. The van der Waals surface area contributed by atoms with Crippen molar-refractivity contribution in [2.24, 2.45) is 0 Å². The Kier molecular flexibility index (Phi) is 5.51. The molecule has 2 aromatic heterocycles. The van der Waals surface area contributed by atoms with Crippen molar-refractivity contribution in [2.75, 3.05) is 57.8 Å². The number of fused-ring (bicyclic) bond motifs is 1. The molecule has 2 rings (SSSR count). The number of anilines is 2. The van der Waals surface area contributed by atoms with Crippen LogP contribution in [0, 0.1) is 0 Å². The smallest absolute Gasteiger partial charge is 0.225 e. The number of nitrogens with zero attached hydrogens (tertiary/aromatic N) is 3. The Labute approximate surface area is 122 Å². The van der Waals surface area contributed by atoms with Crippen molar-refractivity contribution in [2.45, 2.75) is 0 Å². The second-order valence-electron chi connectivity index (χ2n) is 4.23. The van der Waals surface area contributed by atoms with Gasteiger partial charge in [-0.15, -0.1) is 11.3 Å². The van der Waals surface area contributed by atoms with Crippen LogP contribution in [0.15, 0.2) is 11.4 Å². The highest BCUT2D eigenvalue weighted by Crippen LogP contribution is 2.28. The van der Waals surface area contributed by atoms with E-state index in [9.17, 15) is 0 Å². The predicted molar refractivity (Wildman–Crippen MR) is 82.9 cm³/mol. The zero-order chi connectivity index (χ0) is 14.4. The SMILES string of the molecule is CNc1nc(N(CCOC)CCOC)c2ccsc2n1. The standard InChI is InChI=1S/C13H20N4O2S/c1-14-13-15-11(10-4-9-20-12(10)16-13)17(5-7-18-2)6-8-19-3/h4,9H,5-8H2,1-3H3,(H,14,15,16). The fourth-order valence-electron chi connectivity index (χ4n) is 1.92. The highest BCUT2D eigenvalue weighted by molar-refractivity contribution is 7.16. The van der Waals surface area contributed by atoms with Crippen LogP contribution >= 0.6 is 11.3 Å². The molecule has 0 aliphatic heterocycles. The van der Waals surface area contributed by atoms with Crippen LogP contribution in [0.2, 0.25) is 0 Å². The van der Waals surface area contributed by atoms with Gasteiger partial charge in [0, 0.05) is 34.4 Å². The number of hydrogen-bond donors (Lipinski definition) is 1. The number of rotatable bonds is 8. The molecule has 1 N–H and O–H groups in total. The van der Waals surface area contributed by atoms with Crippen LogP contribution in [0.5, 0.6) is 0 Å². The molecule has 0 radical (unpaired) electrons. The van der Waals surface area contributed by atoms with E-state index in [1.54, 1.807) is 25.6 Å². The summed E-state index contributed by atoms with van der Waals surface area (Å²) in [6.07, 6.45) is 0. The summed E-state index contributed by atoms with van der Waals surface area (Å²) in [5, 5.41) is 6.12. The van der Waals surface area contributed by atoms with Crippen molar-refractivity contribution in [3.05, 3.63) is 11.4 Å². The molecule has 0 spiro atoms. The van der Waals surface area contributed by atoms with Crippen LogP contribution in [0.1, 0.15) is 0 Å². The quantitative estimate of drug-likeness (QED) is 0.802. The number of hydrogen-bond acceptors (Lipinski definition) is 7. The number of aromatic nitrogens is 2. The van der Waals surface area contributed by atoms with E-state index in [1.165, 1.54) is 0 Å². The second-order valence-corrected chi connectivity index (χ2v) is 5.13. The van der Waals surface area contributed by atoms with E-state index in [4.69, 9.17) is 9.47 Å². The molecule has 2 heterocycles. The summed E-state index contributed by atoms with van der Waals surface area (Å²) in [6.45, 7) is 2.83. The minimum Gasteiger partial charge on any atom is -0.383 e. The van der Waals surface area contributed by atoms with Crippen LogP contribution in [0.3, 0.4) is 0 Å². The van der Waals surface area contributed by atoms with Gasteiger partial charge in [-0.3, -0.25) is 0 Å². The van der Waals surface area contributed by atoms with Gasteiger partial charge in [-0.2, -0.15) is 4.98 Å². The molecule has 0 aliphatic carbocycles. The second kappa shape index (κ2) is 7.37. The van der Waals surface area contributed by atoms with Crippen LogP contribution < -0.4 is 10.2 Å². The Morgan fingerprint density at radius 1 is 1.20 bits per heavy atom. The molecule has 0 aliphatic rings. The van der Waals surface area contributed by atoms with Gasteiger partial charge < -0.3 is 19.7 Å². The zero-order valence-electron chi connectivity index (χ0n) is 12.0. The van der Waals surface area contributed by atoms with Crippen molar-refractivity contribution < 1.29 is 9.47 Å². The van der Waals surface area contributed by atoms with Gasteiger partial charge in [-0.1, -0.05) is 0 Å². The summed E-state index contributed by atoms with van der Waals surface area (Å²) in [7, 11) is 5.23. The van der Waals surface area contributed by atoms with Crippen molar-refractivity contribution >= 4 is 33.3 Å². The van der Waals surface area contributed by atoms with Gasteiger partial charge in [-0.05, 0) is 11.4 Å². The van der Waals surface area contributed by atoms with Crippen LogP contribution in [-0.2, 0) is 9.47 Å². The number of ether oxygens (including phenoxy) is 2. The largest absolute Gasteiger partial charge is 0.383 e. The van der Waals surface area contributed by atoms with Crippen LogP contribution in [-0.4, -0.2) is 57.5 Å². The number of thiophene rings is 1. The third-order valence-electron chi connectivity index (χ3n) is 2.96. The molecule has 0 aromatic carbocycles. The number of nitrogens with one attached hydrogen (secondary N) is 1. The molecule has 20 heavy (non-hydrogen) atoms. The minimum absolute atomic E-state index is 0.634. The maximum absolute atomic E-state index is 5.18. The first-order chi connectivity index (χ1) is 9.80. The molecular weight excluding hydrogens is 276 g/mol. The molecule has 0 unspecified atom stereocenters. The molecule has 0 amide bonds. The normalized spacial score (nSPS) is 10.9. The molecule has 0 atom stereocenters. The Bertz CT molecular complexity index is 538. The van der Waals surface area contributed by atoms with E-state index in [1.807, 2.05) is 12.4 Å². The topological polar surface area (TPSA) is 59.5 Å². The van der Waals surface area contributed by atoms with Crippen molar-refractivity contribution in [1.29, 1.82) is 0 Å². The first-order valence-corrected chi connectivity index (χ1v) is 7.34.